The van der Waals surface area contributed by atoms with Crippen LogP contribution in [0.15, 0.2) is 54.6 Å². The quantitative estimate of drug-likeness (QED) is 0.685. The zero-order valence-corrected chi connectivity index (χ0v) is 14.1. The van der Waals surface area contributed by atoms with Crippen LogP contribution in [0, 0.1) is 0 Å². The molecule has 25 heavy (non-hydrogen) atoms. The fourth-order valence-corrected chi connectivity index (χ4v) is 3.27. The van der Waals surface area contributed by atoms with Crippen molar-refractivity contribution in [2.45, 2.75) is 18.4 Å². The van der Waals surface area contributed by atoms with Crippen molar-refractivity contribution in [3.05, 3.63) is 65.7 Å². The molecular weight excluding hydrogens is 318 g/mol. The maximum Gasteiger partial charge on any atom is 0.339 e. The van der Waals surface area contributed by atoms with E-state index in [0.717, 1.165) is 13.0 Å². The van der Waals surface area contributed by atoms with Crippen LogP contribution in [-0.4, -0.2) is 47.5 Å². The van der Waals surface area contributed by atoms with E-state index in [1.165, 1.54) is 12.1 Å². The lowest BCUT2D eigenvalue weighted by Gasteiger charge is -2.39. The molecule has 0 radical (unpaired) electrons. The standard InChI is InChI=1S/C20H21NO4/c1-21-12-6-11-20(14-21,18(23)15-7-3-2-4-8-15)25-19(24)16-9-5-10-17(22)13-16/h2-5,7-10,13,22H,6,11-12,14H2,1H3/t20-/m1/s1. The minimum atomic E-state index is -1.21. The Hall–Kier alpha value is -2.66. The molecule has 2 aromatic rings. The van der Waals surface area contributed by atoms with Crippen LogP contribution in [0.2, 0.25) is 0 Å². The zero-order valence-electron chi connectivity index (χ0n) is 14.1. The number of phenolic OH excluding ortho intramolecular Hbond substituents is 1. The molecule has 1 heterocycles. The summed E-state index contributed by atoms with van der Waals surface area (Å²) in [6.45, 7) is 1.21. The lowest BCUT2D eigenvalue weighted by atomic mass is 9.85. The molecule has 0 bridgehead atoms. The molecule has 0 unspecified atom stereocenters. The molecule has 1 saturated heterocycles. The molecule has 2 aromatic carbocycles. The van der Waals surface area contributed by atoms with Gasteiger partial charge in [-0.3, -0.25) is 4.79 Å². The number of carbonyl (C=O) groups is 2. The number of phenols is 1. The lowest BCUT2D eigenvalue weighted by molar-refractivity contribution is -0.0364. The maximum absolute atomic E-state index is 13.1. The van der Waals surface area contributed by atoms with Crippen molar-refractivity contribution in [3.8, 4) is 5.75 Å². The van der Waals surface area contributed by atoms with E-state index >= 15 is 0 Å². The first kappa shape index (κ1) is 17.2. The smallest absolute Gasteiger partial charge is 0.339 e. The summed E-state index contributed by atoms with van der Waals surface area (Å²) in [6.07, 6.45) is 1.25. The highest BCUT2D eigenvalue weighted by molar-refractivity contribution is 6.04. The largest absolute Gasteiger partial charge is 0.508 e. The van der Waals surface area contributed by atoms with Gasteiger partial charge in [0.15, 0.2) is 5.60 Å². The van der Waals surface area contributed by atoms with E-state index in [-0.39, 0.29) is 17.1 Å². The van der Waals surface area contributed by atoms with E-state index < -0.39 is 11.6 Å². The van der Waals surface area contributed by atoms with Crippen molar-refractivity contribution >= 4 is 11.8 Å². The number of hydrogen-bond donors (Lipinski definition) is 1. The molecule has 1 aliphatic rings. The molecule has 0 saturated carbocycles. The minimum Gasteiger partial charge on any atom is -0.508 e. The highest BCUT2D eigenvalue weighted by Crippen LogP contribution is 2.30. The number of Topliss-reactive ketones (excluding diaryl/α,β-unsaturated/α-hetero) is 1. The first-order valence-electron chi connectivity index (χ1n) is 8.31. The maximum atomic E-state index is 13.1. The van der Waals surface area contributed by atoms with Gasteiger partial charge in [0.05, 0.1) is 5.56 Å². The number of ketones is 1. The Morgan fingerprint density at radius 3 is 2.48 bits per heavy atom. The first-order valence-corrected chi connectivity index (χ1v) is 8.31. The predicted octanol–water partition coefficient (Wildman–Crippen LogP) is 2.90. The van der Waals surface area contributed by atoms with Gasteiger partial charge < -0.3 is 14.7 Å². The molecule has 1 fully saturated rings. The van der Waals surface area contributed by atoms with E-state index in [1.54, 1.807) is 36.4 Å². The monoisotopic (exact) mass is 339 g/mol. The van der Waals surface area contributed by atoms with Gasteiger partial charge in [-0.15, -0.1) is 0 Å². The van der Waals surface area contributed by atoms with Gasteiger partial charge in [-0.05, 0) is 44.6 Å². The SMILES string of the molecule is CN1CCC[C@](OC(=O)c2cccc(O)c2)(C(=O)c2ccccc2)C1. The third kappa shape index (κ3) is 3.72. The average molecular weight is 339 g/mol. The Labute approximate surface area is 146 Å². The van der Waals surface area contributed by atoms with E-state index in [1.807, 2.05) is 18.0 Å². The number of aromatic hydroxyl groups is 1. The summed E-state index contributed by atoms with van der Waals surface area (Å²) in [7, 11) is 1.91. The number of piperidine rings is 1. The van der Waals surface area contributed by atoms with Crippen LogP contribution < -0.4 is 0 Å². The number of ether oxygens (including phenoxy) is 1. The molecule has 5 heteroatoms. The molecule has 1 aliphatic heterocycles. The highest BCUT2D eigenvalue weighted by Gasteiger charge is 2.45. The van der Waals surface area contributed by atoms with Gasteiger partial charge in [0.2, 0.25) is 5.78 Å². The number of esters is 1. The summed E-state index contributed by atoms with van der Waals surface area (Å²) in [4.78, 5) is 27.8. The first-order chi connectivity index (χ1) is 12.0. The van der Waals surface area contributed by atoms with Crippen LogP contribution >= 0.6 is 0 Å². The van der Waals surface area contributed by atoms with Crippen molar-refractivity contribution in [1.29, 1.82) is 0 Å². The Kier molecular flexibility index (Phi) is 4.86. The van der Waals surface area contributed by atoms with E-state index in [2.05, 4.69) is 0 Å². The summed E-state index contributed by atoms with van der Waals surface area (Å²) in [5.74, 6) is -0.803. The van der Waals surface area contributed by atoms with Crippen LogP contribution in [0.4, 0.5) is 0 Å². The minimum absolute atomic E-state index is 0.0151. The van der Waals surface area contributed by atoms with Crippen LogP contribution in [0.25, 0.3) is 0 Å². The molecule has 0 spiro atoms. The van der Waals surface area contributed by atoms with Gasteiger partial charge in [-0.1, -0.05) is 36.4 Å². The molecule has 3 rings (SSSR count). The molecule has 0 amide bonds. The van der Waals surface area contributed by atoms with Gasteiger partial charge in [0.1, 0.15) is 5.75 Å². The van der Waals surface area contributed by atoms with Crippen LogP contribution in [0.5, 0.6) is 5.75 Å². The van der Waals surface area contributed by atoms with Crippen LogP contribution in [0.3, 0.4) is 0 Å². The summed E-state index contributed by atoms with van der Waals surface area (Å²) < 4.78 is 5.77. The molecule has 0 aliphatic carbocycles. The molecular formula is C20H21NO4. The third-order valence-electron chi connectivity index (χ3n) is 4.47. The van der Waals surface area contributed by atoms with Gasteiger partial charge in [0.25, 0.3) is 0 Å². The van der Waals surface area contributed by atoms with E-state index in [4.69, 9.17) is 4.74 Å². The van der Waals surface area contributed by atoms with Crippen molar-refractivity contribution in [3.63, 3.8) is 0 Å². The molecule has 1 atom stereocenters. The van der Waals surface area contributed by atoms with Crippen molar-refractivity contribution in [1.82, 2.24) is 4.90 Å². The second-order valence-corrected chi connectivity index (χ2v) is 6.47. The van der Waals surface area contributed by atoms with Gasteiger partial charge >= 0.3 is 5.97 Å². The topological polar surface area (TPSA) is 66.8 Å². The number of rotatable bonds is 4. The third-order valence-corrected chi connectivity index (χ3v) is 4.47. The van der Waals surface area contributed by atoms with E-state index in [9.17, 15) is 14.7 Å². The summed E-state index contributed by atoms with van der Waals surface area (Å²) in [6, 6.07) is 14.9. The molecule has 1 N–H and O–H groups in total. The van der Waals surface area contributed by atoms with E-state index in [0.29, 0.717) is 18.5 Å². The summed E-state index contributed by atoms with van der Waals surface area (Å²) in [5, 5.41) is 9.58. The molecule has 5 nitrogen and oxygen atoms in total. The number of carbonyl (C=O) groups excluding carboxylic acids is 2. The fraction of sp³-hybridized carbons (Fsp3) is 0.300. The number of hydrogen-bond acceptors (Lipinski definition) is 5. The molecule has 0 aromatic heterocycles. The zero-order chi connectivity index (χ0) is 17.9. The van der Waals surface area contributed by atoms with Gasteiger partial charge in [-0.25, -0.2) is 4.79 Å². The van der Waals surface area contributed by atoms with Gasteiger partial charge in [-0.2, -0.15) is 0 Å². The summed E-state index contributed by atoms with van der Waals surface area (Å²) in [5.41, 5.74) is -0.452. The van der Waals surface area contributed by atoms with Gasteiger partial charge in [0, 0.05) is 12.1 Å². The van der Waals surface area contributed by atoms with Crippen molar-refractivity contribution < 1.29 is 19.4 Å². The Bertz CT molecular complexity index is 774. The number of likely N-dealkylation sites (tertiary alicyclic amines) is 1. The fourth-order valence-electron chi connectivity index (χ4n) is 3.27. The Morgan fingerprint density at radius 2 is 1.80 bits per heavy atom. The average Bonchev–Trinajstić information content (AvgIpc) is 2.62. The predicted molar refractivity (Wildman–Crippen MR) is 93.8 cm³/mol. The molecule has 130 valence electrons. The Morgan fingerprint density at radius 1 is 1.08 bits per heavy atom. The van der Waals surface area contributed by atoms with Crippen molar-refractivity contribution in [2.24, 2.45) is 0 Å². The van der Waals surface area contributed by atoms with Crippen molar-refractivity contribution in [2.75, 3.05) is 20.1 Å². The summed E-state index contributed by atoms with van der Waals surface area (Å²) >= 11 is 0. The Balaban J connectivity index is 1.92. The number of likely N-dealkylation sites (N-methyl/N-ethyl adjacent to an activating group) is 1. The second-order valence-electron chi connectivity index (χ2n) is 6.47. The normalized spacial score (nSPS) is 20.8. The van der Waals surface area contributed by atoms with Crippen LogP contribution in [-0.2, 0) is 4.74 Å². The number of nitrogens with zero attached hydrogens (tertiary/aromatic N) is 1. The lowest BCUT2D eigenvalue weighted by Crippen LogP contribution is -2.54. The van der Waals surface area contributed by atoms with Crippen LogP contribution in [0.1, 0.15) is 33.6 Å². The number of benzene rings is 2. The highest BCUT2D eigenvalue weighted by atomic mass is 16.6. The second kappa shape index (κ2) is 7.07.